The fraction of sp³-hybridized carbons (Fsp3) is 0.238. The molecule has 0 amide bonds. The quantitative estimate of drug-likeness (QED) is 0.304. The molecule has 1 unspecified atom stereocenters. The SMILES string of the molecule is CCCn1c(=O)c2ccccc2n2c(SC(C)C(=O)c3ccc(Br)cc3)nnc12. The predicted molar refractivity (Wildman–Crippen MR) is 119 cm³/mol. The van der Waals surface area contributed by atoms with Gasteiger partial charge in [0, 0.05) is 16.6 Å². The number of carbonyl (C=O) groups is 1. The number of aromatic nitrogens is 4. The standard InChI is InChI=1S/C21H19BrN4O2S/c1-3-12-25-19(28)16-6-4-5-7-17(16)26-20(25)23-24-21(26)29-13(2)18(27)14-8-10-15(22)11-9-14/h4-11,13H,3,12H2,1-2H3. The topological polar surface area (TPSA) is 69.3 Å². The summed E-state index contributed by atoms with van der Waals surface area (Å²) >= 11 is 4.74. The van der Waals surface area contributed by atoms with Gasteiger partial charge in [-0.1, -0.05) is 58.9 Å². The number of nitrogens with zero attached hydrogens (tertiary/aromatic N) is 4. The molecule has 2 aromatic heterocycles. The van der Waals surface area contributed by atoms with E-state index in [4.69, 9.17) is 0 Å². The lowest BCUT2D eigenvalue weighted by Gasteiger charge is -2.12. The Morgan fingerprint density at radius 3 is 2.59 bits per heavy atom. The lowest BCUT2D eigenvalue weighted by atomic mass is 10.1. The molecular formula is C21H19BrN4O2S. The number of ketones is 1. The van der Waals surface area contributed by atoms with Gasteiger partial charge in [-0.25, -0.2) is 0 Å². The van der Waals surface area contributed by atoms with E-state index in [9.17, 15) is 9.59 Å². The van der Waals surface area contributed by atoms with Crippen molar-refractivity contribution in [3.05, 3.63) is 68.9 Å². The smallest absolute Gasteiger partial charge is 0.262 e. The van der Waals surface area contributed by atoms with E-state index in [2.05, 4.69) is 26.1 Å². The van der Waals surface area contributed by atoms with Crippen LogP contribution in [0.1, 0.15) is 30.6 Å². The molecule has 0 spiro atoms. The summed E-state index contributed by atoms with van der Waals surface area (Å²) < 4.78 is 4.46. The van der Waals surface area contributed by atoms with Crippen LogP contribution in [0.2, 0.25) is 0 Å². The fourth-order valence-corrected chi connectivity index (χ4v) is 4.49. The number of aryl methyl sites for hydroxylation is 1. The summed E-state index contributed by atoms with van der Waals surface area (Å²) in [4.78, 5) is 25.8. The van der Waals surface area contributed by atoms with E-state index >= 15 is 0 Å². The van der Waals surface area contributed by atoms with Crippen molar-refractivity contribution in [1.82, 2.24) is 19.2 Å². The van der Waals surface area contributed by atoms with E-state index < -0.39 is 0 Å². The van der Waals surface area contributed by atoms with Crippen molar-refractivity contribution in [1.29, 1.82) is 0 Å². The van der Waals surface area contributed by atoms with E-state index in [1.54, 1.807) is 16.7 Å². The van der Waals surface area contributed by atoms with Crippen molar-refractivity contribution >= 4 is 50.2 Å². The van der Waals surface area contributed by atoms with Gasteiger partial charge in [-0.2, -0.15) is 0 Å². The van der Waals surface area contributed by atoms with Crippen LogP contribution < -0.4 is 5.56 Å². The highest BCUT2D eigenvalue weighted by molar-refractivity contribution is 9.10. The first-order valence-electron chi connectivity index (χ1n) is 9.34. The minimum Gasteiger partial charge on any atom is -0.293 e. The molecular weight excluding hydrogens is 452 g/mol. The molecule has 2 aromatic carbocycles. The maximum atomic E-state index is 12.9. The van der Waals surface area contributed by atoms with Crippen molar-refractivity contribution in [2.75, 3.05) is 0 Å². The summed E-state index contributed by atoms with van der Waals surface area (Å²) in [5.74, 6) is 0.520. The normalized spacial score (nSPS) is 12.5. The summed E-state index contributed by atoms with van der Waals surface area (Å²) in [5.41, 5.74) is 1.32. The zero-order valence-electron chi connectivity index (χ0n) is 16.0. The lowest BCUT2D eigenvalue weighted by Crippen LogP contribution is -2.23. The average Bonchev–Trinajstić information content (AvgIpc) is 3.14. The van der Waals surface area contributed by atoms with Gasteiger partial charge < -0.3 is 0 Å². The third-order valence-electron chi connectivity index (χ3n) is 4.71. The van der Waals surface area contributed by atoms with Crippen LogP contribution in [0.5, 0.6) is 0 Å². The van der Waals surface area contributed by atoms with Gasteiger partial charge in [0.2, 0.25) is 5.78 Å². The van der Waals surface area contributed by atoms with Gasteiger partial charge in [-0.05, 0) is 37.6 Å². The van der Waals surface area contributed by atoms with Gasteiger partial charge in [0.15, 0.2) is 10.9 Å². The molecule has 0 aliphatic carbocycles. The molecule has 0 bridgehead atoms. The highest BCUT2D eigenvalue weighted by Gasteiger charge is 2.22. The number of halogens is 1. The zero-order chi connectivity index (χ0) is 20.5. The van der Waals surface area contributed by atoms with Crippen LogP contribution in [0.4, 0.5) is 0 Å². The molecule has 6 nitrogen and oxygen atoms in total. The third kappa shape index (κ3) is 3.62. The minimum absolute atomic E-state index is 0.0189. The largest absolute Gasteiger partial charge is 0.293 e. The third-order valence-corrected chi connectivity index (χ3v) is 6.28. The second-order valence-corrected chi connectivity index (χ2v) is 8.95. The molecule has 4 aromatic rings. The summed E-state index contributed by atoms with van der Waals surface area (Å²) in [7, 11) is 0. The molecule has 0 aliphatic heterocycles. The molecule has 0 saturated carbocycles. The number of thioether (sulfide) groups is 1. The number of para-hydroxylation sites is 1. The second-order valence-electron chi connectivity index (χ2n) is 6.72. The van der Waals surface area contributed by atoms with Gasteiger partial charge in [-0.3, -0.25) is 18.6 Å². The maximum absolute atomic E-state index is 12.9. The Balaban J connectivity index is 1.79. The Labute approximate surface area is 180 Å². The number of carbonyl (C=O) groups excluding carboxylic acids is 1. The minimum atomic E-state index is -0.353. The van der Waals surface area contributed by atoms with Gasteiger partial charge in [0.25, 0.3) is 5.56 Å². The molecule has 29 heavy (non-hydrogen) atoms. The van der Waals surface area contributed by atoms with Crippen molar-refractivity contribution in [3.8, 4) is 0 Å². The molecule has 0 N–H and O–H groups in total. The number of fused-ring (bicyclic) bond motifs is 3. The first-order chi connectivity index (χ1) is 14.0. The van der Waals surface area contributed by atoms with E-state index in [-0.39, 0.29) is 16.6 Å². The average molecular weight is 471 g/mol. The molecule has 2 heterocycles. The molecule has 1 atom stereocenters. The van der Waals surface area contributed by atoms with Crippen LogP contribution >= 0.6 is 27.7 Å². The van der Waals surface area contributed by atoms with Crippen LogP contribution in [0, 0.1) is 0 Å². The van der Waals surface area contributed by atoms with Crippen LogP contribution in [-0.4, -0.2) is 30.2 Å². The monoisotopic (exact) mass is 470 g/mol. The highest BCUT2D eigenvalue weighted by atomic mass is 79.9. The molecule has 0 aliphatic rings. The number of benzene rings is 2. The Kier molecular flexibility index (Phi) is 5.56. The number of rotatable bonds is 6. The summed E-state index contributed by atoms with van der Waals surface area (Å²) in [6.45, 7) is 4.44. The Hall–Kier alpha value is -2.45. The highest BCUT2D eigenvalue weighted by Crippen LogP contribution is 2.27. The second kappa shape index (κ2) is 8.12. The van der Waals surface area contributed by atoms with Crippen LogP contribution in [-0.2, 0) is 6.54 Å². The first kappa shape index (κ1) is 19.8. The molecule has 0 saturated heterocycles. The summed E-state index contributed by atoms with van der Waals surface area (Å²) in [6.07, 6.45) is 0.807. The fourth-order valence-electron chi connectivity index (χ4n) is 3.30. The van der Waals surface area contributed by atoms with Gasteiger partial charge in [-0.15, -0.1) is 10.2 Å². The zero-order valence-corrected chi connectivity index (χ0v) is 18.4. The number of hydrogen-bond acceptors (Lipinski definition) is 5. The Morgan fingerprint density at radius 2 is 1.86 bits per heavy atom. The summed E-state index contributed by atoms with van der Waals surface area (Å²) in [6, 6.07) is 14.8. The van der Waals surface area contributed by atoms with Crippen LogP contribution in [0.25, 0.3) is 16.7 Å². The molecule has 148 valence electrons. The lowest BCUT2D eigenvalue weighted by molar-refractivity contribution is 0.0994. The van der Waals surface area contributed by atoms with Crippen LogP contribution in [0.15, 0.2) is 63.0 Å². The first-order valence-corrected chi connectivity index (χ1v) is 11.0. The predicted octanol–water partition coefficient (Wildman–Crippen LogP) is 4.58. The van der Waals surface area contributed by atoms with Gasteiger partial charge in [0.05, 0.1) is 16.2 Å². The van der Waals surface area contributed by atoms with Crippen molar-refractivity contribution < 1.29 is 4.79 Å². The Morgan fingerprint density at radius 1 is 1.14 bits per heavy atom. The van der Waals surface area contributed by atoms with E-state index in [1.165, 1.54) is 11.8 Å². The van der Waals surface area contributed by atoms with E-state index in [0.29, 0.717) is 28.4 Å². The molecule has 0 fully saturated rings. The van der Waals surface area contributed by atoms with Gasteiger partial charge >= 0.3 is 0 Å². The van der Waals surface area contributed by atoms with Crippen molar-refractivity contribution in [2.45, 2.75) is 37.2 Å². The summed E-state index contributed by atoms with van der Waals surface area (Å²) in [5, 5.41) is 9.45. The van der Waals surface area contributed by atoms with Gasteiger partial charge in [0.1, 0.15) is 0 Å². The molecule has 4 rings (SSSR count). The van der Waals surface area contributed by atoms with Crippen molar-refractivity contribution in [3.63, 3.8) is 0 Å². The number of Topliss-reactive ketones (excluding diaryl/α,β-unsaturated/α-hetero) is 1. The van der Waals surface area contributed by atoms with E-state index in [1.807, 2.05) is 54.6 Å². The van der Waals surface area contributed by atoms with Crippen LogP contribution in [0.3, 0.4) is 0 Å². The Bertz CT molecular complexity index is 1260. The van der Waals surface area contributed by atoms with Crippen molar-refractivity contribution in [2.24, 2.45) is 0 Å². The molecule has 8 heteroatoms. The molecule has 0 radical (unpaired) electrons. The number of hydrogen-bond donors (Lipinski definition) is 0. The maximum Gasteiger partial charge on any atom is 0.262 e. The van der Waals surface area contributed by atoms with E-state index in [0.717, 1.165) is 16.4 Å².